The van der Waals surface area contributed by atoms with Gasteiger partial charge in [-0.05, 0) is 55.3 Å². The van der Waals surface area contributed by atoms with Crippen molar-refractivity contribution in [1.82, 2.24) is 20.6 Å². The number of ether oxygens (including phenoxy) is 1. The van der Waals surface area contributed by atoms with Gasteiger partial charge in [-0.3, -0.25) is 14.4 Å². The first kappa shape index (κ1) is 27.1. The Morgan fingerprint density at radius 2 is 1.74 bits per heavy atom. The van der Waals surface area contributed by atoms with Gasteiger partial charge in [0.15, 0.2) is 0 Å². The summed E-state index contributed by atoms with van der Waals surface area (Å²) in [7, 11) is 1.29. The normalized spacial score (nSPS) is 13.2. The summed E-state index contributed by atoms with van der Waals surface area (Å²) < 4.78 is 4.56. The van der Waals surface area contributed by atoms with Gasteiger partial charge in [0.1, 0.15) is 13.1 Å². The minimum Gasteiger partial charge on any atom is -0.468 e. The first-order chi connectivity index (χ1) is 19.0. The lowest BCUT2D eigenvalue weighted by Crippen LogP contribution is -2.42. The molecule has 3 N–H and O–H groups in total. The van der Waals surface area contributed by atoms with E-state index in [2.05, 4.69) is 35.6 Å². The fourth-order valence-electron chi connectivity index (χ4n) is 4.25. The first-order valence-electron chi connectivity index (χ1n) is 12.5. The summed E-state index contributed by atoms with van der Waals surface area (Å²) in [6.07, 6.45) is 3.08. The molecule has 2 heterocycles. The highest BCUT2D eigenvalue weighted by atomic mass is 16.5. The minimum absolute atomic E-state index is 0.0422. The van der Waals surface area contributed by atoms with E-state index in [0.29, 0.717) is 30.0 Å². The molecular weight excluding hydrogens is 498 g/mol. The lowest BCUT2D eigenvalue weighted by atomic mass is 9.95. The Kier molecular flexibility index (Phi) is 9.03. The van der Waals surface area contributed by atoms with Crippen molar-refractivity contribution in [3.05, 3.63) is 66.4 Å². The van der Waals surface area contributed by atoms with E-state index in [-0.39, 0.29) is 30.8 Å². The van der Waals surface area contributed by atoms with Crippen LogP contribution in [0.1, 0.15) is 23.2 Å². The number of nitrogens with one attached hydrogen (secondary N) is 3. The van der Waals surface area contributed by atoms with Crippen molar-refractivity contribution in [3.8, 4) is 17.3 Å². The van der Waals surface area contributed by atoms with Crippen LogP contribution in [-0.2, 0) is 14.3 Å². The summed E-state index contributed by atoms with van der Waals surface area (Å²) in [5, 5.41) is 17.0. The molecule has 0 saturated carbocycles. The van der Waals surface area contributed by atoms with Crippen LogP contribution in [0.5, 0.6) is 0 Å². The van der Waals surface area contributed by atoms with Crippen LogP contribution in [0.4, 0.5) is 17.3 Å². The molecule has 0 unspecified atom stereocenters. The van der Waals surface area contributed by atoms with Crippen molar-refractivity contribution in [2.45, 2.75) is 12.8 Å². The van der Waals surface area contributed by atoms with Gasteiger partial charge in [0.2, 0.25) is 11.9 Å². The quantitative estimate of drug-likeness (QED) is 0.282. The molecule has 200 valence electrons. The van der Waals surface area contributed by atoms with E-state index in [9.17, 15) is 14.4 Å². The van der Waals surface area contributed by atoms with Gasteiger partial charge in [0, 0.05) is 47.7 Å². The second kappa shape index (κ2) is 13.0. The van der Waals surface area contributed by atoms with E-state index in [1.807, 2.05) is 30.3 Å². The average Bonchev–Trinajstić information content (AvgIpc) is 2.99. The zero-order chi connectivity index (χ0) is 27.6. The Hall–Kier alpha value is -4.98. The summed E-state index contributed by atoms with van der Waals surface area (Å²) >= 11 is 0. The fourth-order valence-corrected chi connectivity index (χ4v) is 4.25. The van der Waals surface area contributed by atoms with E-state index in [4.69, 9.17) is 5.26 Å². The Morgan fingerprint density at radius 3 is 2.41 bits per heavy atom. The fraction of sp³-hybridized carbons (Fsp3) is 0.286. The van der Waals surface area contributed by atoms with Crippen LogP contribution in [0, 0.1) is 17.2 Å². The highest BCUT2D eigenvalue weighted by Gasteiger charge is 2.25. The summed E-state index contributed by atoms with van der Waals surface area (Å²) in [5.74, 6) is -0.552. The third kappa shape index (κ3) is 7.29. The molecule has 39 heavy (non-hydrogen) atoms. The molecule has 1 saturated heterocycles. The molecule has 0 atom stereocenters. The van der Waals surface area contributed by atoms with Crippen molar-refractivity contribution in [3.63, 3.8) is 0 Å². The molecule has 0 radical (unpaired) electrons. The number of rotatable bonds is 9. The third-order valence-electron chi connectivity index (χ3n) is 6.42. The van der Waals surface area contributed by atoms with Gasteiger partial charge in [-0.15, -0.1) is 0 Å². The van der Waals surface area contributed by atoms with E-state index < -0.39 is 5.97 Å². The van der Waals surface area contributed by atoms with Crippen molar-refractivity contribution >= 4 is 35.1 Å². The van der Waals surface area contributed by atoms with Gasteiger partial charge < -0.3 is 25.6 Å². The molecule has 4 rings (SSSR count). The van der Waals surface area contributed by atoms with Crippen LogP contribution < -0.4 is 20.9 Å². The van der Waals surface area contributed by atoms with E-state index >= 15 is 0 Å². The third-order valence-corrected chi connectivity index (χ3v) is 6.42. The zero-order valence-corrected chi connectivity index (χ0v) is 21.5. The Morgan fingerprint density at radius 1 is 1.03 bits per heavy atom. The second-order valence-corrected chi connectivity index (χ2v) is 8.91. The molecule has 1 aliphatic heterocycles. The zero-order valence-electron chi connectivity index (χ0n) is 21.5. The second-order valence-electron chi connectivity index (χ2n) is 8.91. The molecule has 3 aromatic rings. The molecule has 0 spiro atoms. The van der Waals surface area contributed by atoms with Crippen LogP contribution in [0.25, 0.3) is 11.3 Å². The number of amides is 2. The molecular formula is C28H29N7O4. The Bertz CT molecular complexity index is 1350. The molecule has 1 aliphatic rings. The van der Waals surface area contributed by atoms with E-state index in [1.165, 1.54) is 7.11 Å². The maximum Gasteiger partial charge on any atom is 0.325 e. The molecule has 2 amide bonds. The highest BCUT2D eigenvalue weighted by molar-refractivity contribution is 5.94. The number of hydrogen-bond acceptors (Lipinski definition) is 9. The first-order valence-corrected chi connectivity index (χ1v) is 12.5. The van der Waals surface area contributed by atoms with E-state index in [1.54, 1.807) is 36.5 Å². The van der Waals surface area contributed by atoms with Crippen molar-refractivity contribution < 1.29 is 19.1 Å². The predicted octanol–water partition coefficient (Wildman–Crippen LogP) is 2.65. The van der Waals surface area contributed by atoms with Gasteiger partial charge in [0.05, 0.1) is 18.9 Å². The van der Waals surface area contributed by atoms with Crippen LogP contribution >= 0.6 is 0 Å². The number of piperidine rings is 1. The maximum absolute atomic E-state index is 12.3. The van der Waals surface area contributed by atoms with E-state index in [0.717, 1.165) is 30.0 Å². The van der Waals surface area contributed by atoms with Crippen LogP contribution in [0.2, 0.25) is 0 Å². The number of carbonyl (C=O) groups excluding carboxylic acids is 3. The lowest BCUT2D eigenvalue weighted by Gasteiger charge is -2.33. The standard InChI is InChI=1S/C28H29N7O4/c1-39-25(36)18-32-27(38)21-11-16-35(17-12-21)23-8-6-22(7-9-23)33-28-31-14-10-24(34-28)19-2-4-20(5-3-19)26(37)30-15-13-29/h2-10,14,21H,11-12,15-18H2,1H3,(H,30,37)(H,32,38)(H,31,33,34). The van der Waals surface area contributed by atoms with Gasteiger partial charge in [-0.2, -0.15) is 5.26 Å². The van der Waals surface area contributed by atoms with Crippen LogP contribution in [0.15, 0.2) is 60.8 Å². The number of benzene rings is 2. The van der Waals surface area contributed by atoms with Crippen LogP contribution in [0.3, 0.4) is 0 Å². The molecule has 1 aromatic heterocycles. The monoisotopic (exact) mass is 527 g/mol. The summed E-state index contributed by atoms with van der Waals surface area (Å²) in [6, 6.07) is 18.6. The number of hydrogen-bond donors (Lipinski definition) is 3. The molecule has 2 aromatic carbocycles. The smallest absolute Gasteiger partial charge is 0.325 e. The number of carbonyl (C=O) groups is 3. The number of anilines is 3. The SMILES string of the molecule is COC(=O)CNC(=O)C1CCN(c2ccc(Nc3nccc(-c4ccc(C(=O)NCC#N)cc4)n3)cc2)CC1. The number of aromatic nitrogens is 2. The summed E-state index contributed by atoms with van der Waals surface area (Å²) in [5.41, 5.74) is 3.88. The van der Waals surface area contributed by atoms with Gasteiger partial charge in [-0.25, -0.2) is 9.97 Å². The summed E-state index contributed by atoms with van der Waals surface area (Å²) in [6.45, 7) is 1.34. The Labute approximate surface area is 226 Å². The molecule has 1 fully saturated rings. The number of nitriles is 1. The van der Waals surface area contributed by atoms with Crippen molar-refractivity contribution in [1.29, 1.82) is 5.26 Å². The van der Waals surface area contributed by atoms with Crippen molar-refractivity contribution in [2.75, 3.05) is 43.5 Å². The lowest BCUT2D eigenvalue weighted by molar-refractivity contribution is -0.141. The van der Waals surface area contributed by atoms with Gasteiger partial charge >= 0.3 is 5.97 Å². The minimum atomic E-state index is -0.458. The van der Waals surface area contributed by atoms with Crippen molar-refractivity contribution in [2.24, 2.45) is 5.92 Å². The molecule has 11 heteroatoms. The molecule has 0 bridgehead atoms. The van der Waals surface area contributed by atoms with Gasteiger partial charge in [0.25, 0.3) is 5.91 Å². The number of esters is 1. The summed E-state index contributed by atoms with van der Waals surface area (Å²) in [4.78, 5) is 46.7. The predicted molar refractivity (Wildman–Crippen MR) is 145 cm³/mol. The molecule has 0 aliphatic carbocycles. The van der Waals surface area contributed by atoms with Gasteiger partial charge in [-0.1, -0.05) is 12.1 Å². The largest absolute Gasteiger partial charge is 0.468 e. The average molecular weight is 528 g/mol. The Balaban J connectivity index is 1.32. The maximum atomic E-state index is 12.3. The van der Waals surface area contributed by atoms with Crippen LogP contribution in [-0.4, -0.2) is 61.0 Å². The topological polar surface area (TPSA) is 149 Å². The highest BCUT2D eigenvalue weighted by Crippen LogP contribution is 2.26. The number of methoxy groups -OCH3 is 1. The molecule has 11 nitrogen and oxygen atoms in total. The number of nitrogens with zero attached hydrogens (tertiary/aromatic N) is 4.